The number of rotatable bonds is 4. The van der Waals surface area contributed by atoms with Gasteiger partial charge in [-0.1, -0.05) is 20.3 Å². The molecule has 1 amide bonds. The summed E-state index contributed by atoms with van der Waals surface area (Å²) in [5.41, 5.74) is 0.332. The molecule has 0 bridgehead atoms. The summed E-state index contributed by atoms with van der Waals surface area (Å²) in [6.45, 7) is 6.57. The monoisotopic (exact) mass is 254 g/mol. The van der Waals surface area contributed by atoms with Gasteiger partial charge in [-0.3, -0.25) is 4.79 Å². The average Bonchev–Trinajstić information content (AvgIpc) is 2.67. The van der Waals surface area contributed by atoms with E-state index in [1.807, 2.05) is 0 Å². The third-order valence-electron chi connectivity index (χ3n) is 4.35. The molecule has 1 saturated heterocycles. The number of amides is 1. The first-order valence-corrected chi connectivity index (χ1v) is 7.18. The molecule has 2 rings (SSSR count). The van der Waals surface area contributed by atoms with Crippen molar-refractivity contribution in [2.45, 2.75) is 58.0 Å². The van der Waals surface area contributed by atoms with Crippen LogP contribution in [0.25, 0.3) is 0 Å². The zero-order valence-corrected chi connectivity index (χ0v) is 11.6. The summed E-state index contributed by atoms with van der Waals surface area (Å²) in [6, 6.07) is 0.794. The molecule has 1 aliphatic heterocycles. The largest absolute Gasteiger partial charge is 0.381 e. The van der Waals surface area contributed by atoms with Gasteiger partial charge in [0.1, 0.15) is 0 Å². The second kappa shape index (κ2) is 6.02. The third kappa shape index (κ3) is 3.69. The molecule has 2 fully saturated rings. The van der Waals surface area contributed by atoms with Gasteiger partial charge in [0.05, 0.1) is 6.54 Å². The topological polar surface area (TPSA) is 50.4 Å². The molecular weight excluding hydrogens is 228 g/mol. The lowest BCUT2D eigenvalue weighted by Crippen LogP contribution is -2.47. The van der Waals surface area contributed by atoms with Gasteiger partial charge in [-0.05, 0) is 31.1 Å². The minimum absolute atomic E-state index is 0.129. The lowest BCUT2D eigenvalue weighted by atomic mass is 9.87. The van der Waals surface area contributed by atoms with E-state index in [2.05, 4.69) is 24.5 Å². The van der Waals surface area contributed by atoms with Crippen LogP contribution in [-0.2, 0) is 9.53 Å². The van der Waals surface area contributed by atoms with Crippen molar-refractivity contribution >= 4 is 5.91 Å². The van der Waals surface area contributed by atoms with Crippen LogP contribution < -0.4 is 10.6 Å². The van der Waals surface area contributed by atoms with Gasteiger partial charge in [0.25, 0.3) is 0 Å². The highest BCUT2D eigenvalue weighted by molar-refractivity contribution is 5.78. The van der Waals surface area contributed by atoms with Crippen LogP contribution in [0.15, 0.2) is 0 Å². The summed E-state index contributed by atoms with van der Waals surface area (Å²) in [6.07, 6.45) is 5.61. The van der Waals surface area contributed by atoms with E-state index in [1.165, 1.54) is 19.3 Å². The molecule has 1 heterocycles. The molecule has 104 valence electrons. The molecule has 0 aromatic rings. The number of hydrogen-bond acceptors (Lipinski definition) is 3. The Hall–Kier alpha value is -0.610. The molecule has 1 saturated carbocycles. The van der Waals surface area contributed by atoms with E-state index in [0.29, 0.717) is 24.0 Å². The van der Waals surface area contributed by atoms with Gasteiger partial charge in [-0.25, -0.2) is 0 Å². The Labute approximate surface area is 110 Å². The fourth-order valence-electron chi connectivity index (χ4n) is 3.04. The number of nitrogens with one attached hydrogen (secondary N) is 2. The van der Waals surface area contributed by atoms with Crippen LogP contribution >= 0.6 is 0 Å². The molecule has 0 aromatic heterocycles. The van der Waals surface area contributed by atoms with Gasteiger partial charge >= 0.3 is 0 Å². The van der Waals surface area contributed by atoms with Gasteiger partial charge in [0, 0.05) is 25.3 Å². The molecule has 2 N–H and O–H groups in total. The molecule has 0 radical (unpaired) electrons. The quantitative estimate of drug-likeness (QED) is 0.798. The second-order valence-electron chi connectivity index (χ2n) is 6.27. The summed E-state index contributed by atoms with van der Waals surface area (Å²) < 4.78 is 5.28. The van der Waals surface area contributed by atoms with Crippen molar-refractivity contribution in [3.05, 3.63) is 0 Å². The Morgan fingerprint density at radius 2 is 2.00 bits per heavy atom. The molecule has 1 aliphatic carbocycles. The fraction of sp³-hybridized carbons (Fsp3) is 0.929. The number of carbonyl (C=O) groups is 1. The second-order valence-corrected chi connectivity index (χ2v) is 6.27. The SMILES string of the molecule is CC1(C)CCCC1NCC(=O)NC1CCOCC1. The maximum atomic E-state index is 11.9. The maximum absolute atomic E-state index is 11.9. The molecule has 2 aliphatic rings. The number of ether oxygens (including phenoxy) is 1. The van der Waals surface area contributed by atoms with Crippen molar-refractivity contribution in [2.24, 2.45) is 5.41 Å². The zero-order valence-electron chi connectivity index (χ0n) is 11.6. The summed E-state index contributed by atoms with van der Waals surface area (Å²) in [5.74, 6) is 0.129. The minimum atomic E-state index is 0.129. The lowest BCUT2D eigenvalue weighted by Gasteiger charge is -2.28. The third-order valence-corrected chi connectivity index (χ3v) is 4.35. The Bertz CT molecular complexity index is 286. The van der Waals surface area contributed by atoms with Crippen molar-refractivity contribution < 1.29 is 9.53 Å². The summed E-state index contributed by atoms with van der Waals surface area (Å²) >= 11 is 0. The molecule has 0 aromatic carbocycles. The fourth-order valence-corrected chi connectivity index (χ4v) is 3.04. The van der Waals surface area contributed by atoms with Gasteiger partial charge < -0.3 is 15.4 Å². The smallest absolute Gasteiger partial charge is 0.234 e. The van der Waals surface area contributed by atoms with Crippen molar-refractivity contribution in [2.75, 3.05) is 19.8 Å². The molecule has 1 unspecified atom stereocenters. The van der Waals surface area contributed by atoms with Crippen LogP contribution in [-0.4, -0.2) is 37.7 Å². The van der Waals surface area contributed by atoms with Gasteiger partial charge in [0.15, 0.2) is 0 Å². The van der Waals surface area contributed by atoms with Crippen LogP contribution in [0, 0.1) is 5.41 Å². The highest BCUT2D eigenvalue weighted by Crippen LogP contribution is 2.36. The predicted octanol–water partition coefficient (Wildman–Crippen LogP) is 1.45. The summed E-state index contributed by atoms with van der Waals surface area (Å²) in [4.78, 5) is 11.9. The van der Waals surface area contributed by atoms with E-state index in [1.54, 1.807) is 0 Å². The normalized spacial score (nSPS) is 28.2. The first kappa shape index (κ1) is 13.8. The Balaban J connectivity index is 1.68. The van der Waals surface area contributed by atoms with Crippen molar-refractivity contribution in [3.63, 3.8) is 0 Å². The summed E-state index contributed by atoms with van der Waals surface area (Å²) in [7, 11) is 0. The van der Waals surface area contributed by atoms with E-state index in [9.17, 15) is 4.79 Å². The molecule has 18 heavy (non-hydrogen) atoms. The van der Waals surface area contributed by atoms with Crippen LogP contribution in [0.5, 0.6) is 0 Å². The molecular formula is C14H26N2O2. The van der Waals surface area contributed by atoms with Crippen LogP contribution in [0.3, 0.4) is 0 Å². The Morgan fingerprint density at radius 3 is 2.61 bits per heavy atom. The zero-order chi connectivity index (χ0) is 13.0. The van der Waals surface area contributed by atoms with Crippen molar-refractivity contribution in [3.8, 4) is 0 Å². The first-order chi connectivity index (χ1) is 8.58. The maximum Gasteiger partial charge on any atom is 0.234 e. The highest BCUT2D eigenvalue weighted by atomic mass is 16.5. The van der Waals surface area contributed by atoms with Gasteiger partial charge in [0.2, 0.25) is 5.91 Å². The molecule has 4 heteroatoms. The van der Waals surface area contributed by atoms with Crippen molar-refractivity contribution in [1.29, 1.82) is 0 Å². The molecule has 1 atom stereocenters. The lowest BCUT2D eigenvalue weighted by molar-refractivity contribution is -0.121. The Morgan fingerprint density at radius 1 is 1.28 bits per heavy atom. The minimum Gasteiger partial charge on any atom is -0.381 e. The number of hydrogen-bond donors (Lipinski definition) is 2. The van der Waals surface area contributed by atoms with Crippen LogP contribution in [0.4, 0.5) is 0 Å². The van der Waals surface area contributed by atoms with E-state index in [4.69, 9.17) is 4.74 Å². The van der Waals surface area contributed by atoms with E-state index in [0.717, 1.165) is 26.1 Å². The predicted molar refractivity (Wildman–Crippen MR) is 71.4 cm³/mol. The van der Waals surface area contributed by atoms with Crippen LogP contribution in [0.1, 0.15) is 46.0 Å². The van der Waals surface area contributed by atoms with Crippen LogP contribution in [0.2, 0.25) is 0 Å². The van der Waals surface area contributed by atoms with E-state index < -0.39 is 0 Å². The Kier molecular flexibility index (Phi) is 4.62. The molecule has 4 nitrogen and oxygen atoms in total. The van der Waals surface area contributed by atoms with E-state index >= 15 is 0 Å². The number of carbonyl (C=O) groups excluding carboxylic acids is 1. The molecule has 0 spiro atoms. The van der Waals surface area contributed by atoms with Crippen molar-refractivity contribution in [1.82, 2.24) is 10.6 Å². The van der Waals surface area contributed by atoms with Gasteiger partial charge in [-0.2, -0.15) is 0 Å². The van der Waals surface area contributed by atoms with Gasteiger partial charge in [-0.15, -0.1) is 0 Å². The highest BCUT2D eigenvalue weighted by Gasteiger charge is 2.34. The van der Waals surface area contributed by atoms with E-state index in [-0.39, 0.29) is 5.91 Å². The first-order valence-electron chi connectivity index (χ1n) is 7.18. The standard InChI is InChI=1S/C14H26N2O2/c1-14(2)7-3-4-12(14)15-10-13(17)16-11-5-8-18-9-6-11/h11-12,15H,3-10H2,1-2H3,(H,16,17). The summed E-state index contributed by atoms with van der Waals surface area (Å²) in [5, 5.41) is 6.51. The average molecular weight is 254 g/mol.